The lowest BCUT2D eigenvalue weighted by Crippen LogP contribution is -2.41. The van der Waals surface area contributed by atoms with Crippen molar-refractivity contribution < 1.29 is 14.7 Å². The number of carboxylic acids is 1. The molecular formula is C13H15NO3. The second-order valence-electron chi connectivity index (χ2n) is 3.65. The van der Waals surface area contributed by atoms with Gasteiger partial charge < -0.3 is 10.4 Å². The second-order valence-corrected chi connectivity index (χ2v) is 3.65. The van der Waals surface area contributed by atoms with E-state index in [-0.39, 0.29) is 18.7 Å². The van der Waals surface area contributed by atoms with Gasteiger partial charge in [0.15, 0.2) is 0 Å². The number of nitrogens with one attached hydrogen (secondary N) is 1. The number of amides is 1. The normalized spacial score (nSPS) is 11.5. The van der Waals surface area contributed by atoms with E-state index in [1.807, 2.05) is 30.3 Å². The first-order valence-corrected chi connectivity index (χ1v) is 5.30. The average Bonchev–Trinajstić information content (AvgIpc) is 2.29. The van der Waals surface area contributed by atoms with Crippen LogP contribution in [0.15, 0.2) is 43.0 Å². The number of hydrogen-bond acceptors (Lipinski definition) is 2. The molecule has 2 N–H and O–H groups in total. The summed E-state index contributed by atoms with van der Waals surface area (Å²) in [6.07, 6.45) is 1.87. The van der Waals surface area contributed by atoms with E-state index in [9.17, 15) is 9.59 Å². The van der Waals surface area contributed by atoms with E-state index in [1.54, 1.807) is 0 Å². The fourth-order valence-electron chi connectivity index (χ4n) is 1.41. The molecule has 0 aliphatic heterocycles. The van der Waals surface area contributed by atoms with Crippen molar-refractivity contribution in [2.75, 3.05) is 0 Å². The summed E-state index contributed by atoms with van der Waals surface area (Å²) in [6.45, 7) is 3.46. The van der Waals surface area contributed by atoms with Crippen molar-refractivity contribution in [1.29, 1.82) is 0 Å². The number of aliphatic carboxylic acids is 1. The summed E-state index contributed by atoms with van der Waals surface area (Å²) in [7, 11) is 0. The van der Waals surface area contributed by atoms with Crippen LogP contribution in [-0.2, 0) is 16.0 Å². The summed E-state index contributed by atoms with van der Waals surface area (Å²) in [5.74, 6) is -1.35. The number of benzene rings is 1. The third kappa shape index (κ3) is 4.51. The average molecular weight is 233 g/mol. The van der Waals surface area contributed by atoms with Crippen LogP contribution < -0.4 is 5.32 Å². The van der Waals surface area contributed by atoms with Gasteiger partial charge in [-0.2, -0.15) is 0 Å². The van der Waals surface area contributed by atoms with Gasteiger partial charge in [-0.3, -0.25) is 4.79 Å². The van der Waals surface area contributed by atoms with Gasteiger partial charge in [-0.25, -0.2) is 4.79 Å². The number of carboxylic acid groups (broad SMARTS) is 1. The molecule has 1 aromatic rings. The molecule has 0 aliphatic carbocycles. The van der Waals surface area contributed by atoms with Crippen LogP contribution in [0.5, 0.6) is 0 Å². The molecule has 1 amide bonds. The van der Waals surface area contributed by atoms with Crippen molar-refractivity contribution in [3.05, 3.63) is 48.6 Å². The van der Waals surface area contributed by atoms with Gasteiger partial charge in [-0.15, -0.1) is 6.58 Å². The molecule has 90 valence electrons. The molecule has 17 heavy (non-hydrogen) atoms. The Morgan fingerprint density at radius 2 is 2.00 bits per heavy atom. The van der Waals surface area contributed by atoms with Crippen LogP contribution >= 0.6 is 0 Å². The van der Waals surface area contributed by atoms with Gasteiger partial charge in [-0.05, 0) is 12.0 Å². The zero-order chi connectivity index (χ0) is 12.7. The van der Waals surface area contributed by atoms with Crippen LogP contribution in [-0.4, -0.2) is 23.0 Å². The number of carbonyl (C=O) groups is 2. The first kappa shape index (κ1) is 13.0. The van der Waals surface area contributed by atoms with Crippen molar-refractivity contribution in [1.82, 2.24) is 5.32 Å². The molecule has 0 radical (unpaired) electrons. The molecule has 0 aromatic heterocycles. The first-order chi connectivity index (χ1) is 8.13. The van der Waals surface area contributed by atoms with Crippen LogP contribution in [0.2, 0.25) is 0 Å². The third-order valence-electron chi connectivity index (χ3n) is 2.24. The fraction of sp³-hybridized carbons (Fsp3) is 0.231. The van der Waals surface area contributed by atoms with E-state index < -0.39 is 12.0 Å². The maximum atomic E-state index is 11.6. The molecule has 1 rings (SSSR count). The molecule has 1 atom stereocenters. The molecule has 0 saturated heterocycles. The van der Waals surface area contributed by atoms with Crippen molar-refractivity contribution in [2.24, 2.45) is 0 Å². The summed E-state index contributed by atoms with van der Waals surface area (Å²) in [6, 6.07) is 8.27. The quantitative estimate of drug-likeness (QED) is 0.729. The Labute approximate surface area is 100.0 Å². The molecule has 0 spiro atoms. The molecule has 1 unspecified atom stereocenters. The van der Waals surface area contributed by atoms with Crippen molar-refractivity contribution in [3.63, 3.8) is 0 Å². The zero-order valence-electron chi connectivity index (χ0n) is 9.43. The zero-order valence-corrected chi connectivity index (χ0v) is 9.43. The van der Waals surface area contributed by atoms with E-state index in [2.05, 4.69) is 11.9 Å². The smallest absolute Gasteiger partial charge is 0.326 e. The van der Waals surface area contributed by atoms with Crippen molar-refractivity contribution >= 4 is 11.9 Å². The Bertz CT molecular complexity index is 400. The lowest BCUT2D eigenvalue weighted by atomic mass is 10.1. The summed E-state index contributed by atoms with van der Waals surface area (Å²) in [5.41, 5.74) is 0.854. The standard InChI is InChI=1S/C13H15NO3/c1-2-6-11(13(16)17)14-12(15)9-10-7-4-3-5-8-10/h2-5,7-8,11H,1,6,9H2,(H,14,15)(H,16,17). The highest BCUT2D eigenvalue weighted by molar-refractivity contribution is 5.84. The van der Waals surface area contributed by atoms with Gasteiger partial charge >= 0.3 is 5.97 Å². The Kier molecular flexibility index (Phi) is 4.94. The Hall–Kier alpha value is -2.10. The Morgan fingerprint density at radius 1 is 1.35 bits per heavy atom. The largest absolute Gasteiger partial charge is 0.480 e. The van der Waals surface area contributed by atoms with Gasteiger partial charge in [-0.1, -0.05) is 36.4 Å². The minimum Gasteiger partial charge on any atom is -0.480 e. The number of hydrogen-bond donors (Lipinski definition) is 2. The van der Waals surface area contributed by atoms with Crippen LogP contribution in [0.25, 0.3) is 0 Å². The molecule has 0 heterocycles. The van der Waals surface area contributed by atoms with Gasteiger partial charge in [0.2, 0.25) is 5.91 Å². The van der Waals surface area contributed by atoms with Crippen molar-refractivity contribution in [2.45, 2.75) is 18.9 Å². The highest BCUT2D eigenvalue weighted by Gasteiger charge is 2.17. The Balaban J connectivity index is 2.53. The molecule has 1 aromatic carbocycles. The predicted octanol–water partition coefficient (Wildman–Crippen LogP) is 1.37. The predicted molar refractivity (Wildman–Crippen MR) is 64.5 cm³/mol. The maximum Gasteiger partial charge on any atom is 0.326 e. The van der Waals surface area contributed by atoms with Gasteiger partial charge in [0, 0.05) is 0 Å². The minimum atomic E-state index is -1.05. The second kappa shape index (κ2) is 6.48. The monoisotopic (exact) mass is 233 g/mol. The maximum absolute atomic E-state index is 11.6. The summed E-state index contributed by atoms with van der Waals surface area (Å²) in [5, 5.41) is 11.3. The SMILES string of the molecule is C=CCC(NC(=O)Cc1ccccc1)C(=O)O. The fourth-order valence-corrected chi connectivity index (χ4v) is 1.41. The number of carbonyl (C=O) groups excluding carboxylic acids is 1. The van der Waals surface area contributed by atoms with E-state index in [0.717, 1.165) is 5.56 Å². The molecule has 4 nitrogen and oxygen atoms in total. The highest BCUT2D eigenvalue weighted by Crippen LogP contribution is 2.00. The first-order valence-electron chi connectivity index (χ1n) is 5.30. The number of rotatable bonds is 6. The summed E-state index contributed by atoms with van der Waals surface area (Å²) >= 11 is 0. The minimum absolute atomic E-state index is 0.182. The molecule has 0 saturated carbocycles. The van der Waals surface area contributed by atoms with Crippen LogP contribution in [0, 0.1) is 0 Å². The third-order valence-corrected chi connectivity index (χ3v) is 2.24. The molecule has 0 fully saturated rings. The molecular weight excluding hydrogens is 218 g/mol. The summed E-state index contributed by atoms with van der Waals surface area (Å²) < 4.78 is 0. The Morgan fingerprint density at radius 3 is 2.53 bits per heavy atom. The van der Waals surface area contributed by atoms with E-state index in [0.29, 0.717) is 0 Å². The van der Waals surface area contributed by atoms with Gasteiger partial charge in [0.05, 0.1) is 6.42 Å². The molecule has 0 bridgehead atoms. The van der Waals surface area contributed by atoms with E-state index in [4.69, 9.17) is 5.11 Å². The van der Waals surface area contributed by atoms with Crippen LogP contribution in [0.4, 0.5) is 0 Å². The van der Waals surface area contributed by atoms with Crippen LogP contribution in [0.1, 0.15) is 12.0 Å². The summed E-state index contributed by atoms with van der Waals surface area (Å²) in [4.78, 5) is 22.4. The van der Waals surface area contributed by atoms with Gasteiger partial charge in [0.1, 0.15) is 6.04 Å². The van der Waals surface area contributed by atoms with Gasteiger partial charge in [0.25, 0.3) is 0 Å². The molecule has 0 aliphatic rings. The topological polar surface area (TPSA) is 66.4 Å². The molecule has 4 heteroatoms. The van der Waals surface area contributed by atoms with E-state index in [1.165, 1.54) is 6.08 Å². The lowest BCUT2D eigenvalue weighted by Gasteiger charge is -2.12. The van der Waals surface area contributed by atoms with E-state index >= 15 is 0 Å². The van der Waals surface area contributed by atoms with Crippen LogP contribution in [0.3, 0.4) is 0 Å². The lowest BCUT2D eigenvalue weighted by molar-refractivity contribution is -0.141. The van der Waals surface area contributed by atoms with Crippen molar-refractivity contribution in [3.8, 4) is 0 Å². The highest BCUT2D eigenvalue weighted by atomic mass is 16.4.